The average Bonchev–Trinajstić information content (AvgIpc) is 3.00. The quantitative estimate of drug-likeness (QED) is 0.474. The Morgan fingerprint density at radius 1 is 1.50 bits per heavy atom. The Bertz CT molecular complexity index is 530. The first-order chi connectivity index (χ1) is 8.71. The molecule has 0 aromatic carbocycles. The van der Waals surface area contributed by atoms with E-state index in [1.807, 2.05) is 6.07 Å². The lowest BCUT2D eigenvalue weighted by atomic mass is 10.3. The van der Waals surface area contributed by atoms with E-state index in [1.54, 1.807) is 28.9 Å². The summed E-state index contributed by atoms with van der Waals surface area (Å²) in [4.78, 5) is 10.3. The van der Waals surface area contributed by atoms with Gasteiger partial charge in [-0.3, -0.25) is 9.89 Å². The Hall–Kier alpha value is -1.25. The SMILES string of the molecule is N#CN(Cc1ccc(Cl)nc1)C1=NC2(CC2)CS1. The molecule has 0 radical (unpaired) electrons. The van der Waals surface area contributed by atoms with Crippen LogP contribution in [0.3, 0.4) is 0 Å². The number of pyridine rings is 1. The molecule has 1 spiro atoms. The summed E-state index contributed by atoms with van der Waals surface area (Å²) in [7, 11) is 0. The zero-order valence-corrected chi connectivity index (χ0v) is 11.2. The van der Waals surface area contributed by atoms with Gasteiger partial charge in [-0.2, -0.15) is 5.26 Å². The number of halogens is 1. The maximum atomic E-state index is 9.23. The van der Waals surface area contributed by atoms with Gasteiger partial charge < -0.3 is 0 Å². The predicted octanol–water partition coefficient (Wildman–Crippen LogP) is 2.65. The van der Waals surface area contributed by atoms with Crippen LogP contribution >= 0.6 is 23.4 Å². The van der Waals surface area contributed by atoms with E-state index in [-0.39, 0.29) is 5.54 Å². The highest BCUT2D eigenvalue weighted by Gasteiger charge is 2.47. The van der Waals surface area contributed by atoms with E-state index in [2.05, 4.69) is 16.2 Å². The summed E-state index contributed by atoms with van der Waals surface area (Å²) >= 11 is 7.41. The van der Waals surface area contributed by atoms with Gasteiger partial charge in [0.25, 0.3) is 0 Å². The van der Waals surface area contributed by atoms with Gasteiger partial charge in [0.15, 0.2) is 11.4 Å². The molecule has 2 aliphatic rings. The summed E-state index contributed by atoms with van der Waals surface area (Å²) in [5, 5.41) is 10.5. The van der Waals surface area contributed by atoms with E-state index in [9.17, 15) is 5.26 Å². The zero-order chi connectivity index (χ0) is 12.6. The molecular formula is C12H11ClN4S. The highest BCUT2D eigenvalue weighted by atomic mass is 35.5. The van der Waals surface area contributed by atoms with Gasteiger partial charge in [-0.05, 0) is 24.5 Å². The second kappa shape index (κ2) is 4.45. The minimum absolute atomic E-state index is 0.160. The molecule has 0 unspecified atom stereocenters. The molecule has 1 aromatic heterocycles. The van der Waals surface area contributed by atoms with Crippen molar-refractivity contribution in [1.29, 1.82) is 5.26 Å². The van der Waals surface area contributed by atoms with Crippen LogP contribution in [0.4, 0.5) is 0 Å². The maximum Gasteiger partial charge on any atom is 0.186 e. The summed E-state index contributed by atoms with van der Waals surface area (Å²) in [6.07, 6.45) is 6.20. The molecule has 0 atom stereocenters. The Balaban J connectivity index is 1.74. The third kappa shape index (κ3) is 2.31. The first-order valence-corrected chi connectivity index (χ1v) is 7.07. The second-order valence-corrected chi connectivity index (χ2v) is 5.91. The van der Waals surface area contributed by atoms with Gasteiger partial charge in [0.05, 0.1) is 12.1 Å². The summed E-state index contributed by atoms with van der Waals surface area (Å²) in [5.41, 5.74) is 1.12. The van der Waals surface area contributed by atoms with Gasteiger partial charge in [-0.1, -0.05) is 29.4 Å². The number of hydrogen-bond acceptors (Lipinski definition) is 5. The molecule has 4 nitrogen and oxygen atoms in total. The van der Waals surface area contributed by atoms with E-state index in [1.165, 1.54) is 0 Å². The Labute approximate surface area is 115 Å². The third-order valence-corrected chi connectivity index (χ3v) is 4.59. The van der Waals surface area contributed by atoms with E-state index in [4.69, 9.17) is 11.6 Å². The first kappa shape index (κ1) is 11.8. The Kier molecular flexibility index (Phi) is 2.92. The van der Waals surface area contributed by atoms with Crippen LogP contribution in [0.2, 0.25) is 5.15 Å². The summed E-state index contributed by atoms with van der Waals surface area (Å²) < 4.78 is 0. The number of rotatable bonds is 2. The van der Waals surface area contributed by atoms with E-state index in [0.29, 0.717) is 11.7 Å². The van der Waals surface area contributed by atoms with Crippen molar-refractivity contribution in [2.24, 2.45) is 4.99 Å². The number of aliphatic imine (C=N–C) groups is 1. The largest absolute Gasteiger partial charge is 0.254 e. The maximum absolute atomic E-state index is 9.23. The third-order valence-electron chi connectivity index (χ3n) is 3.11. The van der Waals surface area contributed by atoms with Crippen LogP contribution in [-0.2, 0) is 6.54 Å². The topological polar surface area (TPSA) is 52.3 Å². The molecular weight excluding hydrogens is 268 g/mol. The van der Waals surface area contributed by atoms with Crippen LogP contribution in [0.25, 0.3) is 0 Å². The van der Waals surface area contributed by atoms with Crippen LogP contribution in [0.15, 0.2) is 23.3 Å². The smallest absolute Gasteiger partial charge is 0.186 e. The zero-order valence-electron chi connectivity index (χ0n) is 9.64. The van der Waals surface area contributed by atoms with Crippen molar-refractivity contribution in [3.63, 3.8) is 0 Å². The fraction of sp³-hybridized carbons (Fsp3) is 0.417. The van der Waals surface area contributed by atoms with Crippen molar-refractivity contribution < 1.29 is 0 Å². The molecule has 6 heteroatoms. The molecule has 2 heterocycles. The molecule has 18 heavy (non-hydrogen) atoms. The van der Waals surface area contributed by atoms with Gasteiger partial charge in [0.1, 0.15) is 5.15 Å². The Morgan fingerprint density at radius 2 is 2.33 bits per heavy atom. The normalized spacial score (nSPS) is 19.4. The summed E-state index contributed by atoms with van der Waals surface area (Å²) in [5.74, 6) is 1.01. The molecule has 3 rings (SSSR count). The molecule has 1 fully saturated rings. The van der Waals surface area contributed by atoms with Gasteiger partial charge in [0, 0.05) is 11.9 Å². The van der Waals surface area contributed by atoms with Crippen molar-refractivity contribution in [3.8, 4) is 6.19 Å². The molecule has 0 bridgehead atoms. The molecule has 92 valence electrons. The molecule has 0 saturated heterocycles. The predicted molar refractivity (Wildman–Crippen MR) is 72.3 cm³/mol. The summed E-state index contributed by atoms with van der Waals surface area (Å²) in [6, 6.07) is 3.62. The van der Waals surface area contributed by atoms with Gasteiger partial charge in [-0.15, -0.1) is 0 Å². The number of amidine groups is 1. The highest BCUT2D eigenvalue weighted by Crippen LogP contribution is 2.47. The Morgan fingerprint density at radius 3 is 2.89 bits per heavy atom. The van der Waals surface area contributed by atoms with Crippen molar-refractivity contribution in [3.05, 3.63) is 29.0 Å². The highest BCUT2D eigenvalue weighted by molar-refractivity contribution is 8.14. The lowest BCUT2D eigenvalue weighted by Gasteiger charge is -2.13. The standard InChI is InChI=1S/C12H11ClN4S/c13-10-2-1-9(5-15-10)6-17(8-14)11-16-12(3-4-12)7-18-11/h1-2,5H,3-4,6-7H2. The lowest BCUT2D eigenvalue weighted by molar-refractivity contribution is 0.575. The van der Waals surface area contributed by atoms with Crippen LogP contribution in [0.5, 0.6) is 0 Å². The summed E-state index contributed by atoms with van der Waals surface area (Å²) in [6.45, 7) is 0.503. The minimum atomic E-state index is 0.160. The van der Waals surface area contributed by atoms with Crippen LogP contribution in [-0.4, -0.2) is 26.3 Å². The van der Waals surface area contributed by atoms with Gasteiger partial charge in [-0.25, -0.2) is 4.98 Å². The monoisotopic (exact) mass is 278 g/mol. The average molecular weight is 279 g/mol. The van der Waals surface area contributed by atoms with E-state index < -0.39 is 0 Å². The number of hydrogen-bond donors (Lipinski definition) is 0. The molecule has 1 aromatic rings. The first-order valence-electron chi connectivity index (χ1n) is 5.71. The number of thioether (sulfide) groups is 1. The van der Waals surface area contributed by atoms with Crippen LogP contribution in [0, 0.1) is 11.5 Å². The molecule has 1 aliphatic heterocycles. The van der Waals surface area contributed by atoms with Crippen LogP contribution in [0.1, 0.15) is 18.4 Å². The lowest BCUT2D eigenvalue weighted by Crippen LogP contribution is -2.22. The molecule has 0 N–H and O–H groups in total. The van der Waals surface area contributed by atoms with E-state index in [0.717, 1.165) is 29.3 Å². The van der Waals surface area contributed by atoms with Crippen molar-refractivity contribution >= 4 is 28.5 Å². The number of aromatic nitrogens is 1. The fourth-order valence-electron chi connectivity index (χ4n) is 1.83. The van der Waals surface area contributed by atoms with Gasteiger partial charge >= 0.3 is 0 Å². The molecule has 1 saturated carbocycles. The van der Waals surface area contributed by atoms with Crippen molar-refractivity contribution in [2.75, 3.05) is 5.75 Å². The number of nitrogens with zero attached hydrogens (tertiary/aromatic N) is 4. The fourth-order valence-corrected chi connectivity index (χ4v) is 3.22. The second-order valence-electron chi connectivity index (χ2n) is 4.58. The van der Waals surface area contributed by atoms with Crippen LogP contribution < -0.4 is 0 Å². The number of nitriles is 1. The van der Waals surface area contributed by atoms with Gasteiger partial charge in [0.2, 0.25) is 0 Å². The van der Waals surface area contributed by atoms with E-state index >= 15 is 0 Å². The van der Waals surface area contributed by atoms with Crippen molar-refractivity contribution in [2.45, 2.75) is 24.9 Å². The van der Waals surface area contributed by atoms with Crippen molar-refractivity contribution in [1.82, 2.24) is 9.88 Å². The molecule has 1 aliphatic carbocycles. The minimum Gasteiger partial charge on any atom is -0.254 e. The molecule has 0 amide bonds.